The summed E-state index contributed by atoms with van der Waals surface area (Å²) < 4.78 is 0. The molecule has 0 aromatic carbocycles. The summed E-state index contributed by atoms with van der Waals surface area (Å²) in [5.41, 5.74) is 0. The minimum Gasteiger partial charge on any atom is -0.334 e. The Morgan fingerprint density at radius 2 is 1.83 bits per heavy atom. The summed E-state index contributed by atoms with van der Waals surface area (Å²) in [6.07, 6.45) is 1.21. The summed E-state index contributed by atoms with van der Waals surface area (Å²) in [6.45, 7) is 7.65. The predicted molar refractivity (Wildman–Crippen MR) is 48.9 cm³/mol. The highest BCUT2D eigenvalue weighted by atomic mass is 16.2. The second-order valence-electron chi connectivity index (χ2n) is 3.13. The number of piperidine rings is 1. The fraction of sp³-hybridized carbons (Fsp3) is 0.889. The number of nitrogens with zero attached hydrogens (tertiary/aromatic N) is 1. The van der Waals surface area contributed by atoms with E-state index in [9.17, 15) is 4.79 Å². The van der Waals surface area contributed by atoms with Gasteiger partial charge in [0.25, 0.3) is 0 Å². The molecule has 12 heavy (non-hydrogen) atoms. The SMILES string of the molecule is CC.CC(=O)N1C2CNCC1C2. The van der Waals surface area contributed by atoms with Crippen molar-refractivity contribution in [3.63, 3.8) is 0 Å². The second kappa shape index (κ2) is 3.90. The van der Waals surface area contributed by atoms with Gasteiger partial charge in [-0.15, -0.1) is 0 Å². The van der Waals surface area contributed by atoms with E-state index < -0.39 is 0 Å². The molecule has 1 N–H and O–H groups in total. The number of hydrogen-bond acceptors (Lipinski definition) is 2. The minimum atomic E-state index is 0.239. The molecule has 2 bridgehead atoms. The molecule has 0 radical (unpaired) electrons. The van der Waals surface area contributed by atoms with Crippen molar-refractivity contribution in [2.24, 2.45) is 0 Å². The lowest BCUT2D eigenvalue weighted by Gasteiger charge is -2.52. The van der Waals surface area contributed by atoms with Crippen molar-refractivity contribution in [2.75, 3.05) is 13.1 Å². The molecule has 3 heteroatoms. The maximum atomic E-state index is 10.9. The zero-order valence-electron chi connectivity index (χ0n) is 8.13. The Morgan fingerprint density at radius 3 is 2.08 bits per heavy atom. The van der Waals surface area contributed by atoms with Crippen molar-refractivity contribution in [3.8, 4) is 0 Å². The van der Waals surface area contributed by atoms with Crippen LogP contribution in [0, 0.1) is 0 Å². The molecule has 3 aliphatic rings. The Balaban J connectivity index is 0.000000336. The first-order valence-electron chi connectivity index (χ1n) is 4.78. The maximum absolute atomic E-state index is 10.9. The zero-order valence-corrected chi connectivity index (χ0v) is 8.13. The molecule has 3 nitrogen and oxygen atoms in total. The number of nitrogens with one attached hydrogen (secondary N) is 1. The van der Waals surface area contributed by atoms with Crippen LogP contribution in [0.2, 0.25) is 0 Å². The first-order chi connectivity index (χ1) is 5.79. The molecule has 0 aromatic rings. The van der Waals surface area contributed by atoms with Gasteiger partial charge in [0.05, 0.1) is 0 Å². The van der Waals surface area contributed by atoms with Crippen molar-refractivity contribution in [2.45, 2.75) is 39.3 Å². The van der Waals surface area contributed by atoms with Gasteiger partial charge < -0.3 is 10.2 Å². The van der Waals surface area contributed by atoms with Crippen LogP contribution in [0.4, 0.5) is 0 Å². The highest BCUT2D eigenvalue weighted by Gasteiger charge is 2.42. The molecule has 3 heterocycles. The Morgan fingerprint density at radius 1 is 1.33 bits per heavy atom. The van der Waals surface area contributed by atoms with Gasteiger partial charge in [0.15, 0.2) is 0 Å². The van der Waals surface area contributed by atoms with E-state index in [1.165, 1.54) is 6.42 Å². The number of amides is 1. The average molecular weight is 170 g/mol. The standard InChI is InChI=1S/C7H12N2O.C2H6/c1-5(10)9-6-2-7(9)4-8-3-6;1-2/h6-8H,2-4H2,1H3;1-2H3. The van der Waals surface area contributed by atoms with E-state index in [0.29, 0.717) is 12.1 Å². The molecule has 70 valence electrons. The van der Waals surface area contributed by atoms with Crippen LogP contribution in [0.1, 0.15) is 27.2 Å². The largest absolute Gasteiger partial charge is 0.334 e. The van der Waals surface area contributed by atoms with Gasteiger partial charge in [-0.3, -0.25) is 4.79 Å². The van der Waals surface area contributed by atoms with Crippen molar-refractivity contribution in [1.29, 1.82) is 0 Å². The lowest BCUT2D eigenvalue weighted by Crippen LogP contribution is -2.68. The summed E-state index contributed by atoms with van der Waals surface area (Å²) in [5.74, 6) is 0.239. The summed E-state index contributed by atoms with van der Waals surface area (Å²) >= 11 is 0. The smallest absolute Gasteiger partial charge is 0.220 e. The molecule has 2 atom stereocenters. The average Bonchev–Trinajstić information content (AvgIpc) is 2.08. The lowest BCUT2D eigenvalue weighted by atomic mass is 9.89. The van der Waals surface area contributed by atoms with Crippen LogP contribution in [0.5, 0.6) is 0 Å². The maximum Gasteiger partial charge on any atom is 0.220 e. The first kappa shape index (κ1) is 9.52. The molecule has 3 fully saturated rings. The van der Waals surface area contributed by atoms with Gasteiger partial charge in [0, 0.05) is 32.1 Å². The molecule has 3 saturated heterocycles. The number of hydrogen-bond donors (Lipinski definition) is 1. The molecule has 0 spiro atoms. The molecule has 0 aromatic heterocycles. The third-order valence-corrected chi connectivity index (χ3v) is 2.45. The van der Waals surface area contributed by atoms with Gasteiger partial charge in [-0.2, -0.15) is 0 Å². The van der Waals surface area contributed by atoms with Crippen LogP contribution in [0.25, 0.3) is 0 Å². The molecular formula is C9H18N2O. The van der Waals surface area contributed by atoms with Gasteiger partial charge in [-0.25, -0.2) is 0 Å². The molecular weight excluding hydrogens is 152 g/mol. The Labute approximate surface area is 74.1 Å². The van der Waals surface area contributed by atoms with Crippen LogP contribution in [-0.4, -0.2) is 36.0 Å². The first-order valence-corrected chi connectivity index (χ1v) is 4.78. The number of fused-ring (bicyclic) bond motifs is 2. The van der Waals surface area contributed by atoms with E-state index in [-0.39, 0.29) is 5.91 Å². The van der Waals surface area contributed by atoms with E-state index in [2.05, 4.69) is 5.32 Å². The molecule has 1 amide bonds. The van der Waals surface area contributed by atoms with Crippen molar-refractivity contribution >= 4 is 5.91 Å². The van der Waals surface area contributed by atoms with Crippen LogP contribution >= 0.6 is 0 Å². The fourth-order valence-corrected chi connectivity index (χ4v) is 2.00. The highest BCUT2D eigenvalue weighted by Crippen LogP contribution is 2.27. The Kier molecular flexibility index (Phi) is 3.09. The van der Waals surface area contributed by atoms with Crippen molar-refractivity contribution < 1.29 is 4.79 Å². The van der Waals surface area contributed by atoms with Crippen LogP contribution in [-0.2, 0) is 4.79 Å². The molecule has 0 saturated carbocycles. The topological polar surface area (TPSA) is 32.3 Å². The second-order valence-corrected chi connectivity index (χ2v) is 3.13. The van der Waals surface area contributed by atoms with Crippen molar-refractivity contribution in [1.82, 2.24) is 10.2 Å². The fourth-order valence-electron chi connectivity index (χ4n) is 2.00. The summed E-state index contributed by atoms with van der Waals surface area (Å²) in [4.78, 5) is 12.9. The summed E-state index contributed by atoms with van der Waals surface area (Å²) in [7, 11) is 0. The van der Waals surface area contributed by atoms with E-state index in [1.54, 1.807) is 6.92 Å². The van der Waals surface area contributed by atoms with E-state index in [1.807, 2.05) is 18.7 Å². The number of carbonyl (C=O) groups is 1. The monoisotopic (exact) mass is 170 g/mol. The predicted octanol–water partition coefficient (Wildman–Crippen LogP) is 0.605. The van der Waals surface area contributed by atoms with Crippen LogP contribution in [0.3, 0.4) is 0 Å². The third-order valence-electron chi connectivity index (χ3n) is 2.45. The van der Waals surface area contributed by atoms with Gasteiger partial charge >= 0.3 is 0 Å². The van der Waals surface area contributed by atoms with Crippen molar-refractivity contribution in [3.05, 3.63) is 0 Å². The summed E-state index contributed by atoms with van der Waals surface area (Å²) in [6, 6.07) is 1.02. The van der Waals surface area contributed by atoms with Gasteiger partial charge in [-0.1, -0.05) is 13.8 Å². The molecule has 0 aliphatic carbocycles. The zero-order chi connectivity index (χ0) is 9.14. The highest BCUT2D eigenvalue weighted by molar-refractivity contribution is 5.75. The van der Waals surface area contributed by atoms with E-state index >= 15 is 0 Å². The van der Waals surface area contributed by atoms with Gasteiger partial charge in [-0.05, 0) is 6.42 Å². The minimum absolute atomic E-state index is 0.239. The number of piperazine rings is 1. The quantitative estimate of drug-likeness (QED) is 0.577. The summed E-state index contributed by atoms with van der Waals surface area (Å²) in [5, 5.41) is 3.28. The Bertz CT molecular complexity index is 156. The van der Waals surface area contributed by atoms with E-state index in [0.717, 1.165) is 13.1 Å². The molecule has 3 aliphatic heterocycles. The lowest BCUT2D eigenvalue weighted by molar-refractivity contribution is -0.144. The van der Waals surface area contributed by atoms with Crippen LogP contribution in [0.15, 0.2) is 0 Å². The number of carbonyl (C=O) groups excluding carboxylic acids is 1. The van der Waals surface area contributed by atoms with Crippen LogP contribution < -0.4 is 5.32 Å². The number of rotatable bonds is 0. The molecule has 2 unspecified atom stereocenters. The molecule has 3 rings (SSSR count). The normalized spacial score (nSPS) is 31.4. The third kappa shape index (κ3) is 1.46. The van der Waals surface area contributed by atoms with Gasteiger partial charge in [0.1, 0.15) is 0 Å². The van der Waals surface area contributed by atoms with E-state index in [4.69, 9.17) is 0 Å². The Hall–Kier alpha value is -0.570. The van der Waals surface area contributed by atoms with Gasteiger partial charge in [0.2, 0.25) is 5.91 Å².